The van der Waals surface area contributed by atoms with E-state index in [2.05, 4.69) is 21.2 Å². The van der Waals surface area contributed by atoms with Gasteiger partial charge in [0.1, 0.15) is 18.5 Å². The monoisotopic (exact) mass is 453 g/mol. The van der Waals surface area contributed by atoms with Crippen LogP contribution in [0.3, 0.4) is 0 Å². The van der Waals surface area contributed by atoms with Crippen LogP contribution in [0.15, 0.2) is 53.0 Å². The quantitative estimate of drug-likeness (QED) is 0.509. The van der Waals surface area contributed by atoms with Crippen molar-refractivity contribution in [3.05, 3.63) is 58.6 Å². The first kappa shape index (κ1) is 22.2. The van der Waals surface area contributed by atoms with Crippen LogP contribution in [0.1, 0.15) is 18.1 Å². The van der Waals surface area contributed by atoms with Gasteiger partial charge in [-0.05, 0) is 42.0 Å². The number of aliphatic hydroxyl groups is 2. The van der Waals surface area contributed by atoms with Crippen LogP contribution in [-0.2, 0) is 9.47 Å². The van der Waals surface area contributed by atoms with Crippen molar-refractivity contribution in [3.8, 4) is 5.75 Å². The third-order valence-corrected chi connectivity index (χ3v) is 4.48. The lowest BCUT2D eigenvalue weighted by Gasteiger charge is -2.26. The Hall–Kier alpha value is -2.13. The highest BCUT2D eigenvalue weighted by Gasteiger charge is 2.27. The summed E-state index contributed by atoms with van der Waals surface area (Å²) in [6, 6.07) is 14.1. The number of anilines is 1. The van der Waals surface area contributed by atoms with Gasteiger partial charge in [0, 0.05) is 30.3 Å². The number of methoxy groups -OCH3 is 1. The molecule has 0 unspecified atom stereocenters. The molecule has 1 amide bonds. The second-order valence-electron chi connectivity index (χ2n) is 5.89. The number of hydrogen-bond donors (Lipinski definition) is 3. The molecule has 0 radical (unpaired) electrons. The van der Waals surface area contributed by atoms with Crippen LogP contribution in [0.4, 0.5) is 10.5 Å². The molecule has 0 aliphatic carbocycles. The summed E-state index contributed by atoms with van der Waals surface area (Å²) in [5, 5.41) is 20.8. The molecule has 2 rings (SSSR count). The van der Waals surface area contributed by atoms with E-state index in [-0.39, 0.29) is 19.8 Å². The Morgan fingerprint density at radius 3 is 2.32 bits per heavy atom. The van der Waals surface area contributed by atoms with E-state index in [0.717, 1.165) is 4.47 Å². The summed E-state index contributed by atoms with van der Waals surface area (Å²) in [7, 11) is 1.50. The summed E-state index contributed by atoms with van der Waals surface area (Å²) in [5.74, 6) is 0.590. The van der Waals surface area contributed by atoms with Crippen LogP contribution >= 0.6 is 15.9 Å². The van der Waals surface area contributed by atoms with Crippen LogP contribution in [0.2, 0.25) is 0 Å². The maximum Gasteiger partial charge on any atom is 0.412 e. The lowest BCUT2D eigenvalue weighted by atomic mass is 10.0. The summed E-state index contributed by atoms with van der Waals surface area (Å²) in [6.45, 7) is 0.0104. The molecule has 0 fully saturated rings. The van der Waals surface area contributed by atoms with Gasteiger partial charge in [-0.2, -0.15) is 0 Å². The van der Waals surface area contributed by atoms with Crippen molar-refractivity contribution >= 4 is 27.7 Å². The van der Waals surface area contributed by atoms with E-state index >= 15 is 0 Å². The average molecular weight is 454 g/mol. The van der Waals surface area contributed by atoms with Crippen molar-refractivity contribution in [2.45, 2.75) is 18.6 Å². The minimum atomic E-state index is -0.723. The van der Waals surface area contributed by atoms with E-state index in [1.165, 1.54) is 7.11 Å². The number of halogens is 1. The second-order valence-corrected chi connectivity index (χ2v) is 6.80. The van der Waals surface area contributed by atoms with E-state index in [4.69, 9.17) is 19.3 Å². The van der Waals surface area contributed by atoms with Crippen LogP contribution in [0, 0.1) is 0 Å². The molecule has 152 valence electrons. The highest BCUT2D eigenvalue weighted by molar-refractivity contribution is 9.10. The van der Waals surface area contributed by atoms with Crippen molar-refractivity contribution in [1.29, 1.82) is 0 Å². The Balaban J connectivity index is 2.14. The number of hydrogen-bond acceptors (Lipinski definition) is 6. The number of carbonyl (C=O) groups excluding carboxylic acids is 1. The summed E-state index contributed by atoms with van der Waals surface area (Å²) in [4.78, 5) is 12.4. The molecule has 7 nitrogen and oxygen atoms in total. The van der Waals surface area contributed by atoms with Gasteiger partial charge in [0.25, 0.3) is 0 Å². The Morgan fingerprint density at radius 1 is 1.07 bits per heavy atom. The standard InChI is InChI=1S/C20H24BrNO6/c1-26-18(10-11-23)19(14-2-8-17(9-3-14)27-13-12-24)28-20(25)22-16-6-4-15(21)5-7-16/h2-9,18-19,23-24H,10-13H2,1H3,(H,22,25)/t18-,19-/m1/s1. The maximum atomic E-state index is 12.4. The SMILES string of the molecule is CO[C@H](CCO)[C@H](OC(=O)Nc1ccc(Br)cc1)c1ccc(OCCO)cc1. The minimum absolute atomic E-state index is 0.0774. The van der Waals surface area contributed by atoms with Crippen LogP contribution in [0.5, 0.6) is 5.75 Å². The van der Waals surface area contributed by atoms with Crippen LogP contribution < -0.4 is 10.1 Å². The van der Waals surface area contributed by atoms with E-state index in [1.807, 2.05) is 12.1 Å². The molecule has 0 spiro atoms. The molecule has 3 N–H and O–H groups in total. The Kier molecular flexibility index (Phi) is 9.22. The van der Waals surface area contributed by atoms with Gasteiger partial charge in [0.15, 0.2) is 6.10 Å². The highest BCUT2D eigenvalue weighted by Crippen LogP contribution is 2.28. The molecule has 2 aromatic rings. The largest absolute Gasteiger partial charge is 0.491 e. The summed E-state index contributed by atoms with van der Waals surface area (Å²) >= 11 is 3.34. The van der Waals surface area contributed by atoms with Gasteiger partial charge in [-0.1, -0.05) is 28.1 Å². The van der Waals surface area contributed by atoms with Crippen LogP contribution in [0.25, 0.3) is 0 Å². The summed E-state index contributed by atoms with van der Waals surface area (Å²) in [5.41, 5.74) is 1.29. The molecule has 2 atom stereocenters. The maximum absolute atomic E-state index is 12.4. The average Bonchev–Trinajstić information content (AvgIpc) is 2.71. The van der Waals surface area contributed by atoms with Gasteiger partial charge >= 0.3 is 6.09 Å². The first-order chi connectivity index (χ1) is 13.6. The normalized spacial score (nSPS) is 12.9. The van der Waals surface area contributed by atoms with Crippen molar-refractivity contribution in [3.63, 3.8) is 0 Å². The van der Waals surface area contributed by atoms with Crippen LogP contribution in [-0.4, -0.2) is 49.3 Å². The smallest absolute Gasteiger partial charge is 0.412 e. The minimum Gasteiger partial charge on any atom is -0.491 e. The number of ether oxygens (including phenoxy) is 3. The zero-order valence-electron chi connectivity index (χ0n) is 15.5. The number of aliphatic hydroxyl groups excluding tert-OH is 2. The van der Waals surface area contributed by atoms with E-state index in [9.17, 15) is 9.90 Å². The van der Waals surface area contributed by atoms with Crippen molar-refractivity contribution in [1.82, 2.24) is 0 Å². The summed E-state index contributed by atoms with van der Waals surface area (Å²) in [6.07, 6.45) is -1.58. The zero-order valence-corrected chi connectivity index (χ0v) is 17.1. The van der Waals surface area contributed by atoms with Gasteiger partial charge in [-0.3, -0.25) is 5.32 Å². The van der Waals surface area contributed by atoms with E-state index < -0.39 is 18.3 Å². The fraction of sp³-hybridized carbons (Fsp3) is 0.350. The molecule has 0 bridgehead atoms. The number of benzene rings is 2. The molecule has 8 heteroatoms. The van der Waals surface area contributed by atoms with Gasteiger partial charge in [-0.25, -0.2) is 4.79 Å². The number of carbonyl (C=O) groups is 1. The zero-order chi connectivity index (χ0) is 20.4. The molecule has 28 heavy (non-hydrogen) atoms. The molecule has 0 aliphatic heterocycles. The third-order valence-electron chi connectivity index (χ3n) is 3.95. The molecule has 2 aromatic carbocycles. The molecule has 0 saturated heterocycles. The first-order valence-electron chi connectivity index (χ1n) is 8.78. The molecule has 0 aromatic heterocycles. The topological polar surface area (TPSA) is 97.2 Å². The predicted molar refractivity (Wildman–Crippen MR) is 109 cm³/mol. The third kappa shape index (κ3) is 6.79. The highest BCUT2D eigenvalue weighted by atomic mass is 79.9. The fourth-order valence-corrected chi connectivity index (χ4v) is 2.86. The first-order valence-corrected chi connectivity index (χ1v) is 9.57. The molecular weight excluding hydrogens is 430 g/mol. The second kappa shape index (κ2) is 11.7. The predicted octanol–water partition coefficient (Wildman–Crippen LogP) is 3.51. The summed E-state index contributed by atoms with van der Waals surface area (Å²) < 4.78 is 17.3. The van der Waals surface area contributed by atoms with Crippen molar-refractivity contribution < 1.29 is 29.2 Å². The van der Waals surface area contributed by atoms with E-state index in [1.54, 1.807) is 36.4 Å². The lowest BCUT2D eigenvalue weighted by molar-refractivity contribution is -0.0306. The Labute approximate surface area is 172 Å². The fourth-order valence-electron chi connectivity index (χ4n) is 2.59. The molecule has 0 aliphatic rings. The van der Waals surface area contributed by atoms with Gasteiger partial charge in [-0.15, -0.1) is 0 Å². The number of amides is 1. The lowest BCUT2D eigenvalue weighted by Crippen LogP contribution is -2.28. The molecular formula is C20H24BrNO6. The van der Waals surface area contributed by atoms with Crippen molar-refractivity contribution in [2.75, 3.05) is 32.2 Å². The Morgan fingerprint density at radius 2 is 1.75 bits per heavy atom. The number of rotatable bonds is 10. The van der Waals surface area contributed by atoms with E-state index in [0.29, 0.717) is 23.4 Å². The molecule has 0 heterocycles. The number of nitrogens with one attached hydrogen (secondary N) is 1. The van der Waals surface area contributed by atoms with Gasteiger partial charge < -0.3 is 24.4 Å². The van der Waals surface area contributed by atoms with Gasteiger partial charge in [0.05, 0.1) is 6.61 Å². The Bertz CT molecular complexity index is 722. The van der Waals surface area contributed by atoms with Gasteiger partial charge in [0.2, 0.25) is 0 Å². The van der Waals surface area contributed by atoms with Crippen molar-refractivity contribution in [2.24, 2.45) is 0 Å². The molecule has 0 saturated carbocycles.